The van der Waals surface area contributed by atoms with Crippen LogP contribution < -0.4 is 21.1 Å². The van der Waals surface area contributed by atoms with Crippen LogP contribution in [0.2, 0.25) is 5.02 Å². The Hall–Kier alpha value is -2.72. The van der Waals surface area contributed by atoms with Crippen LogP contribution in [0.3, 0.4) is 0 Å². The van der Waals surface area contributed by atoms with Crippen LogP contribution >= 0.6 is 24.0 Å². The first kappa shape index (κ1) is 25.9. The highest BCUT2D eigenvalue weighted by atomic mass is 35.5. The van der Waals surface area contributed by atoms with Gasteiger partial charge in [0, 0.05) is 23.6 Å². The van der Waals surface area contributed by atoms with Gasteiger partial charge in [-0.25, -0.2) is 14.4 Å². The van der Waals surface area contributed by atoms with Crippen LogP contribution in [0.25, 0.3) is 10.9 Å². The number of carbonyl (C=O) groups is 1. The van der Waals surface area contributed by atoms with E-state index in [9.17, 15) is 9.18 Å². The van der Waals surface area contributed by atoms with Crippen molar-refractivity contribution in [3.63, 3.8) is 0 Å². The van der Waals surface area contributed by atoms with Crippen molar-refractivity contribution in [2.75, 3.05) is 32.6 Å². The maximum Gasteiger partial charge on any atom is 0.238 e. The van der Waals surface area contributed by atoms with Gasteiger partial charge in [-0.05, 0) is 51.2 Å². The van der Waals surface area contributed by atoms with Crippen LogP contribution in [0.15, 0.2) is 36.7 Å². The number of methoxy groups -OCH3 is 1. The average Bonchev–Trinajstić information content (AvgIpc) is 2.82. The number of ether oxygens (including phenoxy) is 1. The monoisotopic (exact) mass is 508 g/mol. The maximum absolute atomic E-state index is 14.5. The molecular weight excluding hydrogens is 482 g/mol. The molecule has 1 saturated heterocycles. The zero-order valence-electron chi connectivity index (χ0n) is 18.9. The lowest BCUT2D eigenvalue weighted by molar-refractivity contribution is -0.131. The number of hydrogen-bond acceptors (Lipinski definition) is 7. The highest BCUT2D eigenvalue weighted by Crippen LogP contribution is 2.34. The number of nitrogens with zero attached hydrogens (tertiary/aromatic N) is 3. The second-order valence-electron chi connectivity index (χ2n) is 8.13. The number of fused-ring (bicyclic) bond motifs is 1. The van der Waals surface area contributed by atoms with E-state index in [1.807, 2.05) is 18.0 Å². The van der Waals surface area contributed by atoms with E-state index in [1.165, 1.54) is 12.4 Å². The average molecular weight is 509 g/mol. The summed E-state index contributed by atoms with van der Waals surface area (Å²) in [5.41, 5.74) is 6.76. The van der Waals surface area contributed by atoms with E-state index in [0.717, 1.165) is 18.7 Å². The van der Waals surface area contributed by atoms with Gasteiger partial charge in [0.25, 0.3) is 0 Å². The molecule has 2 heterocycles. The third-order valence-electron chi connectivity index (χ3n) is 6.27. The lowest BCUT2D eigenvalue weighted by atomic mass is 9.85. The van der Waals surface area contributed by atoms with Gasteiger partial charge in [0.05, 0.1) is 23.3 Å². The Morgan fingerprint density at radius 3 is 2.74 bits per heavy atom. The Morgan fingerprint density at radius 2 is 2.06 bits per heavy atom. The Labute approximate surface area is 208 Å². The number of anilines is 2. The number of nitrogens with one attached hydrogen (secondary N) is 2. The van der Waals surface area contributed by atoms with Crippen molar-refractivity contribution in [2.45, 2.75) is 24.9 Å². The molecule has 0 atom stereocenters. The molecule has 11 heteroatoms. The van der Waals surface area contributed by atoms with Crippen LogP contribution in [0.4, 0.5) is 15.9 Å². The van der Waals surface area contributed by atoms with Crippen molar-refractivity contribution in [3.8, 4) is 5.75 Å². The normalized spacial score (nSPS) is 15.1. The van der Waals surface area contributed by atoms with Crippen molar-refractivity contribution in [1.82, 2.24) is 20.2 Å². The predicted octanol–water partition coefficient (Wildman–Crippen LogP) is 3.64. The standard InChI is InChI=1S/C23H26ClFN6O2.ClH/c1-31(23(22(26)32)6-8-27-9-7-23)12-14-10-15-18(11-19(14)33-2)28-13-29-21(15)30-17-5-3-4-16(24)20(17)25;/h3-5,10-11,13,27H,6-9,12H2,1-2H3,(H2,26,32)(H,28,29,30);1H. The van der Waals surface area contributed by atoms with Gasteiger partial charge >= 0.3 is 0 Å². The second kappa shape index (κ2) is 10.7. The molecule has 0 radical (unpaired) electrons. The summed E-state index contributed by atoms with van der Waals surface area (Å²) in [5.74, 6) is 0.155. The minimum absolute atomic E-state index is 0. The molecule has 0 spiro atoms. The van der Waals surface area contributed by atoms with E-state index in [0.29, 0.717) is 41.9 Å². The number of rotatable bonds is 7. The Morgan fingerprint density at radius 1 is 1.32 bits per heavy atom. The topological polar surface area (TPSA) is 105 Å². The summed E-state index contributed by atoms with van der Waals surface area (Å²) in [6.45, 7) is 1.85. The van der Waals surface area contributed by atoms with Crippen molar-refractivity contribution in [3.05, 3.63) is 53.1 Å². The number of likely N-dealkylation sites (N-methyl/N-ethyl adjacent to an activating group) is 1. The molecule has 1 amide bonds. The highest BCUT2D eigenvalue weighted by molar-refractivity contribution is 6.31. The lowest BCUT2D eigenvalue weighted by Gasteiger charge is -2.42. The molecule has 0 unspecified atom stereocenters. The molecule has 34 heavy (non-hydrogen) atoms. The van der Waals surface area contributed by atoms with Crippen LogP contribution in [0.5, 0.6) is 5.75 Å². The molecule has 0 bridgehead atoms. The van der Waals surface area contributed by atoms with E-state index in [4.69, 9.17) is 22.1 Å². The van der Waals surface area contributed by atoms with Crippen molar-refractivity contribution in [2.24, 2.45) is 5.73 Å². The molecule has 182 valence electrons. The summed E-state index contributed by atoms with van der Waals surface area (Å²) in [6, 6.07) is 8.42. The van der Waals surface area contributed by atoms with Gasteiger partial charge in [-0.3, -0.25) is 9.69 Å². The Bertz CT molecular complexity index is 1190. The fraction of sp³-hybridized carbons (Fsp3) is 0.348. The van der Waals surface area contributed by atoms with Gasteiger partial charge in [-0.1, -0.05) is 17.7 Å². The van der Waals surface area contributed by atoms with E-state index in [-0.39, 0.29) is 29.0 Å². The number of aromatic nitrogens is 2. The number of halogens is 3. The predicted molar refractivity (Wildman–Crippen MR) is 134 cm³/mol. The SMILES string of the molecule is COc1cc2ncnc(Nc3cccc(Cl)c3F)c2cc1CN(C)C1(C(N)=O)CCNCC1.Cl. The largest absolute Gasteiger partial charge is 0.496 e. The van der Waals surface area contributed by atoms with Gasteiger partial charge in [-0.2, -0.15) is 0 Å². The smallest absolute Gasteiger partial charge is 0.238 e. The summed E-state index contributed by atoms with van der Waals surface area (Å²) in [7, 11) is 3.47. The first-order valence-electron chi connectivity index (χ1n) is 10.6. The van der Waals surface area contributed by atoms with E-state index in [1.54, 1.807) is 25.3 Å². The van der Waals surface area contributed by atoms with Gasteiger partial charge in [0.1, 0.15) is 23.4 Å². The van der Waals surface area contributed by atoms with Gasteiger partial charge in [0.2, 0.25) is 5.91 Å². The number of benzene rings is 2. The van der Waals surface area contributed by atoms with E-state index >= 15 is 0 Å². The molecule has 1 aliphatic heterocycles. The maximum atomic E-state index is 14.5. The van der Waals surface area contributed by atoms with Crippen LogP contribution in [0.1, 0.15) is 18.4 Å². The minimum Gasteiger partial charge on any atom is -0.496 e. The first-order valence-corrected chi connectivity index (χ1v) is 11.0. The first-order chi connectivity index (χ1) is 15.9. The highest BCUT2D eigenvalue weighted by Gasteiger charge is 2.41. The fourth-order valence-corrected chi connectivity index (χ4v) is 4.51. The van der Waals surface area contributed by atoms with Crippen molar-refractivity contribution >= 4 is 52.3 Å². The summed E-state index contributed by atoms with van der Waals surface area (Å²) in [6.07, 6.45) is 2.65. The molecule has 1 fully saturated rings. The van der Waals surface area contributed by atoms with Gasteiger partial charge in [0.15, 0.2) is 5.82 Å². The fourth-order valence-electron chi connectivity index (χ4n) is 4.33. The van der Waals surface area contributed by atoms with Crippen molar-refractivity contribution in [1.29, 1.82) is 0 Å². The third kappa shape index (κ3) is 4.88. The molecule has 8 nitrogen and oxygen atoms in total. The molecule has 1 aliphatic rings. The van der Waals surface area contributed by atoms with E-state index < -0.39 is 11.4 Å². The number of nitrogens with two attached hydrogens (primary N) is 1. The zero-order chi connectivity index (χ0) is 23.6. The zero-order valence-corrected chi connectivity index (χ0v) is 20.5. The molecule has 4 N–H and O–H groups in total. The number of piperidine rings is 1. The quantitative estimate of drug-likeness (QED) is 0.447. The number of carbonyl (C=O) groups excluding carboxylic acids is 1. The molecule has 2 aromatic carbocycles. The molecule has 3 aromatic rings. The molecular formula is C23H27Cl2FN6O2. The molecule has 0 saturated carbocycles. The lowest BCUT2D eigenvalue weighted by Crippen LogP contribution is -2.60. The van der Waals surface area contributed by atoms with Crippen LogP contribution in [-0.2, 0) is 11.3 Å². The van der Waals surface area contributed by atoms with E-state index in [2.05, 4.69) is 20.6 Å². The summed E-state index contributed by atoms with van der Waals surface area (Å²) in [4.78, 5) is 23.1. The Kier molecular flexibility index (Phi) is 8.14. The van der Waals surface area contributed by atoms with Gasteiger partial charge < -0.3 is 21.1 Å². The van der Waals surface area contributed by atoms with Gasteiger partial charge in [-0.15, -0.1) is 12.4 Å². The number of amides is 1. The summed E-state index contributed by atoms with van der Waals surface area (Å²) >= 11 is 5.92. The number of hydrogen-bond donors (Lipinski definition) is 3. The molecule has 0 aliphatic carbocycles. The number of primary amides is 1. The minimum atomic E-state index is -0.747. The van der Waals surface area contributed by atoms with Crippen molar-refractivity contribution < 1.29 is 13.9 Å². The molecule has 1 aromatic heterocycles. The second-order valence-corrected chi connectivity index (χ2v) is 8.54. The third-order valence-corrected chi connectivity index (χ3v) is 6.56. The van der Waals surface area contributed by atoms with Crippen LogP contribution in [-0.4, -0.2) is 53.6 Å². The Balaban J connectivity index is 0.00000324. The summed E-state index contributed by atoms with van der Waals surface area (Å²) in [5, 5.41) is 6.99. The van der Waals surface area contributed by atoms with Crippen LogP contribution in [0, 0.1) is 5.82 Å². The summed E-state index contributed by atoms with van der Waals surface area (Å²) < 4.78 is 20.1. The molecule has 4 rings (SSSR count).